The fourth-order valence-corrected chi connectivity index (χ4v) is 1.59. The Morgan fingerprint density at radius 3 is 2.56 bits per heavy atom. The minimum atomic E-state index is 0.799. The van der Waals surface area contributed by atoms with Crippen molar-refractivity contribution in [1.82, 2.24) is 15.2 Å². The highest BCUT2D eigenvalue weighted by Gasteiger charge is 2.03. The number of hydrogen-bond acceptors (Lipinski definition) is 3. The third-order valence-electron chi connectivity index (χ3n) is 2.77. The molecular formula is C13H15N3. The summed E-state index contributed by atoms with van der Waals surface area (Å²) in [5.41, 5.74) is 5.44. The fraction of sp³-hybridized carbons (Fsp3) is 0.308. The molecule has 0 saturated heterocycles. The molecule has 82 valence electrons. The van der Waals surface area contributed by atoms with Crippen LogP contribution < -0.4 is 0 Å². The Kier molecular flexibility index (Phi) is 2.95. The quantitative estimate of drug-likeness (QED) is 0.768. The van der Waals surface area contributed by atoms with Crippen molar-refractivity contribution in [2.45, 2.75) is 27.2 Å². The Bertz CT molecular complexity index is 506. The lowest BCUT2D eigenvalue weighted by Crippen LogP contribution is -2.00. The smallest absolute Gasteiger partial charge is 0.0678 e. The molecule has 0 radical (unpaired) electrons. The summed E-state index contributed by atoms with van der Waals surface area (Å²) in [5.74, 6) is 0. The van der Waals surface area contributed by atoms with E-state index in [2.05, 4.69) is 34.2 Å². The van der Waals surface area contributed by atoms with Crippen LogP contribution in [0.4, 0.5) is 0 Å². The molecule has 3 nitrogen and oxygen atoms in total. The van der Waals surface area contributed by atoms with Gasteiger partial charge in [-0.05, 0) is 44.0 Å². The average molecular weight is 213 g/mol. The van der Waals surface area contributed by atoms with Crippen LogP contribution in [0, 0.1) is 20.8 Å². The number of nitrogens with zero attached hydrogens (tertiary/aromatic N) is 3. The summed E-state index contributed by atoms with van der Waals surface area (Å²) < 4.78 is 0. The number of hydrogen-bond donors (Lipinski definition) is 0. The molecule has 0 spiro atoms. The summed E-state index contributed by atoms with van der Waals surface area (Å²) in [4.78, 5) is 4.27. The van der Waals surface area contributed by atoms with E-state index in [9.17, 15) is 0 Å². The summed E-state index contributed by atoms with van der Waals surface area (Å²) in [6.45, 7) is 6.05. The topological polar surface area (TPSA) is 38.7 Å². The molecule has 2 heterocycles. The predicted molar refractivity (Wildman–Crippen MR) is 63.3 cm³/mol. The molecule has 16 heavy (non-hydrogen) atoms. The number of aromatic nitrogens is 3. The summed E-state index contributed by atoms with van der Waals surface area (Å²) >= 11 is 0. The van der Waals surface area contributed by atoms with Gasteiger partial charge in [0, 0.05) is 18.3 Å². The molecule has 0 aliphatic heterocycles. The molecule has 2 aromatic heterocycles. The van der Waals surface area contributed by atoms with Gasteiger partial charge in [0.05, 0.1) is 11.4 Å². The molecule has 3 heteroatoms. The summed E-state index contributed by atoms with van der Waals surface area (Å²) in [6, 6.07) is 6.13. The molecular weight excluding hydrogens is 198 g/mol. The van der Waals surface area contributed by atoms with Crippen LogP contribution in [0.2, 0.25) is 0 Å². The van der Waals surface area contributed by atoms with Crippen molar-refractivity contribution in [3.8, 4) is 0 Å². The maximum Gasteiger partial charge on any atom is 0.0678 e. The van der Waals surface area contributed by atoms with Gasteiger partial charge in [0.25, 0.3) is 0 Å². The second-order valence-corrected chi connectivity index (χ2v) is 4.03. The van der Waals surface area contributed by atoms with Crippen molar-refractivity contribution < 1.29 is 0 Å². The van der Waals surface area contributed by atoms with Crippen LogP contribution >= 0.6 is 0 Å². The Balaban J connectivity index is 2.28. The van der Waals surface area contributed by atoms with Crippen LogP contribution in [0.3, 0.4) is 0 Å². The zero-order chi connectivity index (χ0) is 11.5. The lowest BCUT2D eigenvalue weighted by atomic mass is 10.1. The Morgan fingerprint density at radius 2 is 1.88 bits per heavy atom. The monoisotopic (exact) mass is 213 g/mol. The van der Waals surface area contributed by atoms with Crippen molar-refractivity contribution in [2.75, 3.05) is 0 Å². The van der Waals surface area contributed by atoms with Gasteiger partial charge in [-0.1, -0.05) is 6.07 Å². The van der Waals surface area contributed by atoms with Crippen molar-refractivity contribution in [2.24, 2.45) is 0 Å². The van der Waals surface area contributed by atoms with Crippen LogP contribution in [0.1, 0.15) is 28.2 Å². The molecule has 0 saturated carbocycles. The molecule has 0 aliphatic rings. The normalized spacial score (nSPS) is 10.4. The molecule has 2 rings (SSSR count). The lowest BCUT2D eigenvalue weighted by molar-refractivity contribution is 0.887. The van der Waals surface area contributed by atoms with Crippen molar-refractivity contribution in [3.05, 3.63) is 52.6 Å². The highest BCUT2D eigenvalue weighted by Crippen LogP contribution is 2.11. The second kappa shape index (κ2) is 4.39. The number of rotatable bonds is 2. The van der Waals surface area contributed by atoms with Crippen LogP contribution in [-0.2, 0) is 6.42 Å². The number of aryl methyl sites for hydroxylation is 3. The van der Waals surface area contributed by atoms with Gasteiger partial charge in [0.15, 0.2) is 0 Å². The Hall–Kier alpha value is -1.77. The van der Waals surface area contributed by atoms with E-state index < -0.39 is 0 Å². The molecule has 0 aromatic carbocycles. The largest absolute Gasteiger partial charge is 0.261 e. The number of pyridine rings is 1. The first kappa shape index (κ1) is 10.7. The van der Waals surface area contributed by atoms with Crippen molar-refractivity contribution in [1.29, 1.82) is 0 Å². The average Bonchev–Trinajstić information content (AvgIpc) is 2.27. The highest BCUT2D eigenvalue weighted by molar-refractivity contribution is 5.26. The van der Waals surface area contributed by atoms with Crippen LogP contribution in [-0.4, -0.2) is 15.2 Å². The minimum absolute atomic E-state index is 0.799. The summed E-state index contributed by atoms with van der Waals surface area (Å²) in [6.07, 6.45) is 2.61. The van der Waals surface area contributed by atoms with E-state index in [-0.39, 0.29) is 0 Å². The minimum Gasteiger partial charge on any atom is -0.261 e. The first-order valence-corrected chi connectivity index (χ1v) is 5.37. The summed E-state index contributed by atoms with van der Waals surface area (Å²) in [7, 11) is 0. The predicted octanol–water partition coefficient (Wildman–Crippen LogP) is 2.39. The van der Waals surface area contributed by atoms with E-state index in [1.807, 2.05) is 26.1 Å². The molecule has 0 atom stereocenters. The van der Waals surface area contributed by atoms with Gasteiger partial charge in [0.1, 0.15) is 0 Å². The second-order valence-electron chi connectivity index (χ2n) is 4.03. The SMILES string of the molecule is Cc1cc(Cc2cccnc2C)nnc1C. The summed E-state index contributed by atoms with van der Waals surface area (Å²) in [5, 5.41) is 8.33. The maximum atomic E-state index is 4.27. The van der Waals surface area contributed by atoms with E-state index in [4.69, 9.17) is 0 Å². The van der Waals surface area contributed by atoms with Gasteiger partial charge in [-0.25, -0.2) is 0 Å². The first-order chi connectivity index (χ1) is 7.66. The molecule has 2 aromatic rings. The molecule has 0 fully saturated rings. The third kappa shape index (κ3) is 2.24. The Labute approximate surface area is 95.6 Å². The molecule has 0 amide bonds. The third-order valence-corrected chi connectivity index (χ3v) is 2.77. The van der Waals surface area contributed by atoms with E-state index >= 15 is 0 Å². The Morgan fingerprint density at radius 1 is 1.06 bits per heavy atom. The van der Waals surface area contributed by atoms with Crippen molar-refractivity contribution >= 4 is 0 Å². The molecule has 0 bridgehead atoms. The van der Waals surface area contributed by atoms with Gasteiger partial charge in [-0.2, -0.15) is 10.2 Å². The van der Waals surface area contributed by atoms with E-state index in [1.54, 1.807) is 0 Å². The van der Waals surface area contributed by atoms with E-state index in [0.717, 1.165) is 23.5 Å². The fourth-order valence-electron chi connectivity index (χ4n) is 1.59. The molecule has 0 aliphatic carbocycles. The van der Waals surface area contributed by atoms with Crippen LogP contribution in [0.15, 0.2) is 24.4 Å². The highest BCUT2D eigenvalue weighted by atomic mass is 15.1. The van der Waals surface area contributed by atoms with Gasteiger partial charge in [-0.3, -0.25) is 4.98 Å². The van der Waals surface area contributed by atoms with Crippen molar-refractivity contribution in [3.63, 3.8) is 0 Å². The van der Waals surface area contributed by atoms with E-state index in [1.165, 1.54) is 11.1 Å². The van der Waals surface area contributed by atoms with Gasteiger partial charge < -0.3 is 0 Å². The van der Waals surface area contributed by atoms with Gasteiger partial charge >= 0.3 is 0 Å². The molecule has 0 N–H and O–H groups in total. The lowest BCUT2D eigenvalue weighted by Gasteiger charge is -2.05. The zero-order valence-corrected chi connectivity index (χ0v) is 9.86. The standard InChI is InChI=1S/C13H15N3/c1-9-7-13(16-15-10(9)2)8-12-5-4-6-14-11(12)3/h4-7H,8H2,1-3H3. The maximum absolute atomic E-state index is 4.27. The van der Waals surface area contributed by atoms with Gasteiger partial charge in [-0.15, -0.1) is 0 Å². The first-order valence-electron chi connectivity index (χ1n) is 5.37. The van der Waals surface area contributed by atoms with Gasteiger partial charge in [0.2, 0.25) is 0 Å². The zero-order valence-electron chi connectivity index (χ0n) is 9.86. The van der Waals surface area contributed by atoms with Crippen LogP contribution in [0.5, 0.6) is 0 Å². The van der Waals surface area contributed by atoms with Crippen LogP contribution in [0.25, 0.3) is 0 Å². The van der Waals surface area contributed by atoms with E-state index in [0.29, 0.717) is 0 Å². The molecule has 0 unspecified atom stereocenters.